The molecule has 0 spiro atoms. The maximum atomic E-state index is 5.42. The van der Waals surface area contributed by atoms with E-state index in [1.54, 1.807) is 14.2 Å². The number of nitrogens with zero attached hydrogens (tertiary/aromatic N) is 2. The van der Waals surface area contributed by atoms with Gasteiger partial charge in [0.2, 0.25) is 5.75 Å². The predicted molar refractivity (Wildman–Crippen MR) is 83.6 cm³/mol. The van der Waals surface area contributed by atoms with E-state index in [2.05, 4.69) is 27.5 Å². The molecule has 0 bridgehead atoms. The van der Waals surface area contributed by atoms with Gasteiger partial charge in [0.1, 0.15) is 12.1 Å². The van der Waals surface area contributed by atoms with E-state index in [1.807, 2.05) is 24.3 Å². The Morgan fingerprint density at radius 3 is 2.62 bits per heavy atom. The molecule has 1 heterocycles. The molecular weight excluding hydrogens is 268 g/mol. The van der Waals surface area contributed by atoms with Gasteiger partial charge in [-0.1, -0.05) is 13.0 Å². The van der Waals surface area contributed by atoms with E-state index in [0.717, 1.165) is 24.4 Å². The van der Waals surface area contributed by atoms with Gasteiger partial charge in [-0.15, -0.1) is 0 Å². The monoisotopic (exact) mass is 288 g/mol. The minimum atomic E-state index is 0.591. The molecule has 2 aromatic rings. The first kappa shape index (κ1) is 14.9. The van der Waals surface area contributed by atoms with Crippen molar-refractivity contribution in [3.8, 4) is 11.5 Å². The van der Waals surface area contributed by atoms with E-state index < -0.39 is 0 Å². The van der Waals surface area contributed by atoms with Gasteiger partial charge in [0, 0.05) is 18.3 Å². The molecule has 6 nitrogen and oxygen atoms in total. The maximum Gasteiger partial charge on any atom is 0.204 e. The van der Waals surface area contributed by atoms with E-state index in [0.29, 0.717) is 17.4 Å². The molecule has 2 rings (SSSR count). The van der Waals surface area contributed by atoms with Crippen LogP contribution in [0.4, 0.5) is 17.3 Å². The lowest BCUT2D eigenvalue weighted by atomic mass is 10.3. The largest absolute Gasteiger partial charge is 0.497 e. The normalized spacial score (nSPS) is 10.0. The van der Waals surface area contributed by atoms with E-state index in [-0.39, 0.29) is 0 Å². The zero-order chi connectivity index (χ0) is 15.1. The average molecular weight is 288 g/mol. The molecular formula is C15H20N4O2. The van der Waals surface area contributed by atoms with E-state index in [1.165, 1.54) is 6.33 Å². The van der Waals surface area contributed by atoms with Crippen LogP contribution in [0.15, 0.2) is 30.6 Å². The number of aromatic nitrogens is 2. The smallest absolute Gasteiger partial charge is 0.204 e. The first-order valence-electron chi connectivity index (χ1n) is 6.82. The quantitative estimate of drug-likeness (QED) is 0.816. The van der Waals surface area contributed by atoms with Gasteiger partial charge in [-0.05, 0) is 18.6 Å². The highest BCUT2D eigenvalue weighted by Crippen LogP contribution is 2.31. The molecule has 0 fully saturated rings. The Balaban J connectivity index is 2.26. The Morgan fingerprint density at radius 1 is 1.10 bits per heavy atom. The third kappa shape index (κ3) is 3.75. The standard InChI is InChI=1S/C15H20N4O2/c1-4-8-16-14-13(21-3)15(18-10-17-14)19-11-6-5-7-12(9-11)20-2/h5-7,9-10H,4,8H2,1-3H3,(H2,16,17,18,19). The zero-order valence-corrected chi connectivity index (χ0v) is 12.5. The first-order valence-corrected chi connectivity index (χ1v) is 6.82. The molecule has 0 radical (unpaired) electrons. The van der Waals surface area contributed by atoms with Gasteiger partial charge >= 0.3 is 0 Å². The van der Waals surface area contributed by atoms with Crippen molar-refractivity contribution in [2.24, 2.45) is 0 Å². The second-order valence-corrected chi connectivity index (χ2v) is 4.39. The van der Waals surface area contributed by atoms with E-state index in [9.17, 15) is 0 Å². The van der Waals surface area contributed by atoms with Crippen molar-refractivity contribution >= 4 is 17.3 Å². The molecule has 6 heteroatoms. The molecule has 0 saturated heterocycles. The van der Waals surface area contributed by atoms with Gasteiger partial charge in [-0.25, -0.2) is 9.97 Å². The van der Waals surface area contributed by atoms with Crippen molar-refractivity contribution in [3.63, 3.8) is 0 Å². The summed E-state index contributed by atoms with van der Waals surface area (Å²) < 4.78 is 10.6. The second kappa shape index (κ2) is 7.33. The fraction of sp³-hybridized carbons (Fsp3) is 0.333. The van der Waals surface area contributed by atoms with Crippen molar-refractivity contribution in [3.05, 3.63) is 30.6 Å². The highest BCUT2D eigenvalue weighted by atomic mass is 16.5. The van der Waals surface area contributed by atoms with Crippen LogP contribution < -0.4 is 20.1 Å². The number of methoxy groups -OCH3 is 2. The molecule has 0 amide bonds. The Bertz CT molecular complexity index is 590. The average Bonchev–Trinajstić information content (AvgIpc) is 2.53. The molecule has 0 aliphatic rings. The van der Waals surface area contributed by atoms with Crippen molar-refractivity contribution in [1.29, 1.82) is 0 Å². The summed E-state index contributed by atoms with van der Waals surface area (Å²) in [5, 5.41) is 6.44. The highest BCUT2D eigenvalue weighted by Gasteiger charge is 2.12. The van der Waals surface area contributed by atoms with Gasteiger partial charge in [-0.3, -0.25) is 0 Å². The van der Waals surface area contributed by atoms with Crippen LogP contribution in [0.1, 0.15) is 13.3 Å². The summed E-state index contributed by atoms with van der Waals surface area (Å²) >= 11 is 0. The van der Waals surface area contributed by atoms with Crippen LogP contribution in [0.25, 0.3) is 0 Å². The number of hydrogen-bond donors (Lipinski definition) is 2. The minimum absolute atomic E-state index is 0.591. The van der Waals surface area contributed by atoms with Crippen molar-refractivity contribution in [1.82, 2.24) is 9.97 Å². The molecule has 0 atom stereocenters. The summed E-state index contributed by atoms with van der Waals surface area (Å²) in [5.41, 5.74) is 0.868. The van der Waals surface area contributed by atoms with Crippen LogP contribution in [0.2, 0.25) is 0 Å². The highest BCUT2D eigenvalue weighted by molar-refractivity contribution is 5.69. The molecule has 0 saturated carbocycles. The molecule has 1 aromatic heterocycles. The SMILES string of the molecule is CCCNc1ncnc(Nc2cccc(OC)c2)c1OC. The van der Waals surface area contributed by atoms with E-state index >= 15 is 0 Å². The number of nitrogens with one attached hydrogen (secondary N) is 2. The molecule has 1 aromatic carbocycles. The summed E-state index contributed by atoms with van der Waals surface area (Å²) in [7, 11) is 3.24. The van der Waals surface area contributed by atoms with E-state index in [4.69, 9.17) is 9.47 Å². The predicted octanol–water partition coefficient (Wildman–Crippen LogP) is 3.06. The van der Waals surface area contributed by atoms with Gasteiger partial charge in [0.15, 0.2) is 11.6 Å². The Hall–Kier alpha value is -2.50. The van der Waals surface area contributed by atoms with Gasteiger partial charge < -0.3 is 20.1 Å². The topological polar surface area (TPSA) is 68.3 Å². The molecule has 0 unspecified atom stereocenters. The van der Waals surface area contributed by atoms with Crippen molar-refractivity contribution < 1.29 is 9.47 Å². The van der Waals surface area contributed by atoms with Crippen LogP contribution >= 0.6 is 0 Å². The Kier molecular flexibility index (Phi) is 5.20. The van der Waals surface area contributed by atoms with Crippen LogP contribution in [0.5, 0.6) is 11.5 Å². The van der Waals surface area contributed by atoms with Crippen LogP contribution in [-0.2, 0) is 0 Å². The maximum absolute atomic E-state index is 5.42. The molecule has 0 aliphatic carbocycles. The van der Waals surface area contributed by atoms with Crippen molar-refractivity contribution in [2.45, 2.75) is 13.3 Å². The zero-order valence-electron chi connectivity index (χ0n) is 12.5. The Morgan fingerprint density at radius 2 is 1.90 bits per heavy atom. The molecule has 0 aliphatic heterocycles. The number of anilines is 3. The van der Waals surface area contributed by atoms with Gasteiger partial charge in [0.25, 0.3) is 0 Å². The fourth-order valence-electron chi connectivity index (χ4n) is 1.86. The molecule has 2 N–H and O–H groups in total. The molecule has 112 valence electrons. The fourth-order valence-corrected chi connectivity index (χ4v) is 1.86. The number of benzene rings is 1. The first-order chi connectivity index (χ1) is 10.3. The summed E-state index contributed by atoms with van der Waals surface area (Å²) in [6.07, 6.45) is 2.51. The lowest BCUT2D eigenvalue weighted by Gasteiger charge is -2.14. The van der Waals surface area contributed by atoms with Crippen LogP contribution in [-0.4, -0.2) is 30.7 Å². The van der Waals surface area contributed by atoms with Crippen LogP contribution in [0, 0.1) is 0 Å². The number of hydrogen-bond acceptors (Lipinski definition) is 6. The van der Waals surface area contributed by atoms with Crippen LogP contribution in [0.3, 0.4) is 0 Å². The lowest BCUT2D eigenvalue weighted by molar-refractivity contribution is 0.414. The third-order valence-electron chi connectivity index (χ3n) is 2.88. The Labute approximate surface area is 124 Å². The van der Waals surface area contributed by atoms with Crippen molar-refractivity contribution in [2.75, 3.05) is 31.4 Å². The van der Waals surface area contributed by atoms with Gasteiger partial charge in [0.05, 0.1) is 14.2 Å². The minimum Gasteiger partial charge on any atom is -0.497 e. The summed E-state index contributed by atoms with van der Waals surface area (Å²) in [6.45, 7) is 2.92. The second-order valence-electron chi connectivity index (χ2n) is 4.39. The number of rotatable bonds is 7. The lowest BCUT2D eigenvalue weighted by Crippen LogP contribution is -2.07. The number of ether oxygens (including phenoxy) is 2. The summed E-state index contributed by atoms with van der Waals surface area (Å²) in [5.74, 6) is 2.66. The summed E-state index contributed by atoms with van der Waals surface area (Å²) in [6, 6.07) is 7.62. The molecule has 21 heavy (non-hydrogen) atoms. The van der Waals surface area contributed by atoms with Gasteiger partial charge in [-0.2, -0.15) is 0 Å². The summed E-state index contributed by atoms with van der Waals surface area (Å²) in [4.78, 5) is 8.45. The third-order valence-corrected chi connectivity index (χ3v) is 2.88.